The fraction of sp³-hybridized carbons (Fsp3) is 0.897. The summed E-state index contributed by atoms with van der Waals surface area (Å²) in [5, 5.41) is 66.8. The summed E-state index contributed by atoms with van der Waals surface area (Å²) in [5.41, 5.74) is -2.55. The normalized spacial score (nSPS) is 57.3. The summed E-state index contributed by atoms with van der Waals surface area (Å²) in [6.45, 7) is 5.95. The molecule has 2 heterocycles. The van der Waals surface area contributed by atoms with Crippen molar-refractivity contribution in [1.82, 2.24) is 0 Å². The highest BCUT2D eigenvalue weighted by molar-refractivity contribution is 5.85. The fourth-order valence-electron chi connectivity index (χ4n) is 9.86. The quantitative estimate of drug-likeness (QED) is 0.215. The van der Waals surface area contributed by atoms with Crippen LogP contribution in [0.15, 0.2) is 11.6 Å². The first-order valence-corrected chi connectivity index (χ1v) is 14.6. The average molecular weight is 553 g/mol. The molecular formula is C29H44O10. The molecule has 2 aliphatic heterocycles. The molecule has 0 radical (unpaired) electrons. The lowest BCUT2D eigenvalue weighted by molar-refractivity contribution is -0.329. The van der Waals surface area contributed by atoms with E-state index in [2.05, 4.69) is 6.92 Å². The monoisotopic (exact) mass is 552 g/mol. The largest absolute Gasteiger partial charge is 0.458 e. The number of rotatable bonds is 3. The van der Waals surface area contributed by atoms with Gasteiger partial charge in [0.05, 0.1) is 29.5 Å². The molecule has 6 aliphatic rings. The number of aliphatic hydroxyl groups is 6. The predicted molar refractivity (Wildman–Crippen MR) is 136 cm³/mol. The minimum Gasteiger partial charge on any atom is -0.458 e. The Balaban J connectivity index is 1.23. The van der Waals surface area contributed by atoms with Crippen molar-refractivity contribution in [3.63, 3.8) is 0 Å². The highest BCUT2D eigenvalue weighted by Crippen LogP contribution is 2.70. The van der Waals surface area contributed by atoms with Gasteiger partial charge in [0.1, 0.15) is 24.9 Å². The van der Waals surface area contributed by atoms with Crippen LogP contribution >= 0.6 is 0 Å². The zero-order valence-electron chi connectivity index (χ0n) is 23.0. The first kappa shape index (κ1) is 28.0. The molecule has 39 heavy (non-hydrogen) atoms. The van der Waals surface area contributed by atoms with Gasteiger partial charge in [-0.3, -0.25) is 0 Å². The van der Waals surface area contributed by atoms with Crippen LogP contribution in [-0.4, -0.2) is 97.3 Å². The van der Waals surface area contributed by atoms with Gasteiger partial charge in [-0.15, -0.1) is 0 Å². The van der Waals surface area contributed by atoms with Crippen LogP contribution in [-0.2, 0) is 19.0 Å². The van der Waals surface area contributed by atoms with Gasteiger partial charge in [-0.2, -0.15) is 0 Å². The minimum atomic E-state index is -1.46. The summed E-state index contributed by atoms with van der Waals surface area (Å²) in [5.74, 6) is -0.455. The van der Waals surface area contributed by atoms with Crippen LogP contribution in [0.2, 0.25) is 0 Å². The van der Waals surface area contributed by atoms with Crippen molar-refractivity contribution < 1.29 is 49.6 Å². The van der Waals surface area contributed by atoms with Crippen LogP contribution in [0.3, 0.4) is 0 Å². The van der Waals surface area contributed by atoms with Crippen molar-refractivity contribution in [3.05, 3.63) is 11.6 Å². The summed E-state index contributed by atoms with van der Waals surface area (Å²) in [7, 11) is 0. The number of esters is 1. The maximum Gasteiger partial charge on any atom is 0.331 e. The maximum atomic E-state index is 12.4. The van der Waals surface area contributed by atoms with Gasteiger partial charge in [-0.05, 0) is 68.8 Å². The van der Waals surface area contributed by atoms with Gasteiger partial charge in [0.15, 0.2) is 6.29 Å². The maximum absolute atomic E-state index is 12.4. The Hall–Kier alpha value is -1.11. The number of cyclic esters (lactones) is 1. The molecule has 0 aromatic heterocycles. The summed E-state index contributed by atoms with van der Waals surface area (Å²) < 4.78 is 16.8. The van der Waals surface area contributed by atoms with Gasteiger partial charge in [-0.25, -0.2) is 4.79 Å². The molecule has 4 aliphatic carbocycles. The van der Waals surface area contributed by atoms with E-state index in [1.165, 1.54) is 0 Å². The summed E-state index contributed by atoms with van der Waals surface area (Å²) in [6, 6.07) is 0. The van der Waals surface area contributed by atoms with E-state index in [1.807, 2.05) is 6.92 Å². The predicted octanol–water partition coefficient (Wildman–Crippen LogP) is 0.542. The Morgan fingerprint density at radius 2 is 1.67 bits per heavy atom. The van der Waals surface area contributed by atoms with E-state index >= 15 is 0 Å². The molecule has 0 bridgehead atoms. The third kappa shape index (κ3) is 3.79. The van der Waals surface area contributed by atoms with Gasteiger partial charge >= 0.3 is 5.97 Å². The minimum absolute atomic E-state index is 0.0655. The van der Waals surface area contributed by atoms with Gasteiger partial charge in [-0.1, -0.05) is 13.8 Å². The average Bonchev–Trinajstić information content (AvgIpc) is 3.42. The van der Waals surface area contributed by atoms with E-state index in [0.29, 0.717) is 19.3 Å². The summed E-state index contributed by atoms with van der Waals surface area (Å²) in [6.07, 6.45) is -1.71. The number of fused-ring (bicyclic) bond motifs is 5. The van der Waals surface area contributed by atoms with Crippen molar-refractivity contribution in [2.24, 2.45) is 28.6 Å². The van der Waals surface area contributed by atoms with Crippen LogP contribution < -0.4 is 0 Å². The Kier molecular flexibility index (Phi) is 6.61. The number of ether oxygens (including phenoxy) is 3. The molecule has 0 spiro atoms. The highest BCUT2D eigenvalue weighted by atomic mass is 16.7. The highest BCUT2D eigenvalue weighted by Gasteiger charge is 2.72. The van der Waals surface area contributed by atoms with E-state index < -0.39 is 64.9 Å². The third-order valence-electron chi connectivity index (χ3n) is 12.3. The van der Waals surface area contributed by atoms with Gasteiger partial charge in [0, 0.05) is 29.7 Å². The summed E-state index contributed by atoms with van der Waals surface area (Å²) >= 11 is 0. The van der Waals surface area contributed by atoms with Crippen molar-refractivity contribution in [2.45, 2.75) is 126 Å². The lowest BCUT2D eigenvalue weighted by atomic mass is 9.41. The van der Waals surface area contributed by atoms with E-state index in [1.54, 1.807) is 13.0 Å². The van der Waals surface area contributed by atoms with Crippen LogP contribution in [0.1, 0.15) is 72.1 Å². The standard InChI is InChI=1S/C29H44O10/c1-14-22(32)23(33)24(34)25(38-14)39-16-11-20(30)27(3)18-4-7-26(2)17(15-10-21(31)37-13-15)6-9-29(26,36)19(18)5-8-28(27,35)12-16/h10,14,16-20,22-25,30,32-36H,4-9,11-13H2,1-3H3/t14-,16+,17+,18+,19+,20+,22-,23+,24+,25-,26+,27-,28-,29-/m0/s1. The van der Waals surface area contributed by atoms with E-state index in [9.17, 15) is 35.4 Å². The SMILES string of the molecule is C[C@@H]1O[C@@H](O[C@@H]2C[C@@H](O)[C@]3(C)[C@@H]4CC[C@]5(C)[C@@H](C6=CC(=O)OC6)CC[C@]5(O)[C@@H]4CC[C@]3(O)C2)[C@H](O)[C@H](O)[C@H]1O. The van der Waals surface area contributed by atoms with Crippen LogP contribution in [0.5, 0.6) is 0 Å². The van der Waals surface area contributed by atoms with Crippen LogP contribution in [0, 0.1) is 28.6 Å². The number of carbonyl (C=O) groups excluding carboxylic acids is 1. The van der Waals surface area contributed by atoms with Crippen molar-refractivity contribution >= 4 is 5.97 Å². The van der Waals surface area contributed by atoms with Gasteiger partial charge in [0.25, 0.3) is 0 Å². The molecule has 10 heteroatoms. The number of aliphatic hydroxyl groups excluding tert-OH is 4. The third-order valence-corrected chi connectivity index (χ3v) is 12.3. The molecule has 6 N–H and O–H groups in total. The molecule has 0 amide bonds. The second-order valence-electron chi connectivity index (χ2n) is 13.8. The fourth-order valence-corrected chi connectivity index (χ4v) is 9.86. The number of hydrogen-bond donors (Lipinski definition) is 6. The molecule has 10 nitrogen and oxygen atoms in total. The number of hydrogen-bond acceptors (Lipinski definition) is 10. The van der Waals surface area contributed by atoms with Gasteiger partial charge < -0.3 is 44.8 Å². The Morgan fingerprint density at radius 1 is 0.949 bits per heavy atom. The zero-order chi connectivity index (χ0) is 28.1. The lowest BCUT2D eigenvalue weighted by Gasteiger charge is -2.67. The van der Waals surface area contributed by atoms with Crippen LogP contribution in [0.25, 0.3) is 0 Å². The Labute approximate surface area is 229 Å². The van der Waals surface area contributed by atoms with E-state index in [4.69, 9.17) is 14.2 Å². The molecule has 6 rings (SSSR count). The second kappa shape index (κ2) is 9.19. The zero-order valence-corrected chi connectivity index (χ0v) is 23.0. The van der Waals surface area contributed by atoms with E-state index in [-0.39, 0.29) is 43.2 Å². The molecule has 0 aromatic carbocycles. The number of carbonyl (C=O) groups is 1. The topological polar surface area (TPSA) is 166 Å². The second-order valence-corrected chi connectivity index (χ2v) is 13.8. The van der Waals surface area contributed by atoms with Crippen LogP contribution in [0.4, 0.5) is 0 Å². The Morgan fingerprint density at radius 3 is 2.36 bits per heavy atom. The molecule has 1 saturated heterocycles. The van der Waals surface area contributed by atoms with E-state index in [0.717, 1.165) is 24.8 Å². The first-order valence-electron chi connectivity index (χ1n) is 14.6. The molecule has 220 valence electrons. The van der Waals surface area contributed by atoms with Crippen molar-refractivity contribution in [1.29, 1.82) is 0 Å². The first-order chi connectivity index (χ1) is 18.2. The van der Waals surface area contributed by atoms with Crippen molar-refractivity contribution in [3.8, 4) is 0 Å². The molecule has 14 atom stereocenters. The summed E-state index contributed by atoms with van der Waals surface area (Å²) in [4.78, 5) is 11.8. The molecule has 4 saturated carbocycles. The smallest absolute Gasteiger partial charge is 0.331 e. The molecule has 0 aromatic rings. The molecule has 0 unspecified atom stereocenters. The molecule has 5 fully saturated rings. The molecular weight excluding hydrogens is 508 g/mol. The van der Waals surface area contributed by atoms with Gasteiger partial charge in [0.2, 0.25) is 0 Å². The van der Waals surface area contributed by atoms with Crippen molar-refractivity contribution in [2.75, 3.05) is 6.61 Å². The Bertz CT molecular complexity index is 1030. The lowest BCUT2D eigenvalue weighted by Crippen LogP contribution is -2.71.